The Balaban J connectivity index is 2.44. The molecule has 1 unspecified atom stereocenters. The minimum Gasteiger partial charge on any atom is -0.335 e. The lowest BCUT2D eigenvalue weighted by Crippen LogP contribution is -2.57. The molecule has 2 amide bonds. The molecule has 2 heterocycles. The number of nitrogens with zero attached hydrogens (tertiary/aromatic N) is 2. The summed E-state index contributed by atoms with van der Waals surface area (Å²) in [7, 11) is 0. The highest BCUT2D eigenvalue weighted by molar-refractivity contribution is 6.06. The zero-order valence-electron chi connectivity index (χ0n) is 10.1. The van der Waals surface area contributed by atoms with Crippen LogP contribution in [0.3, 0.4) is 0 Å². The number of piperazine rings is 1. The molecule has 94 valence electrons. The molecule has 18 heavy (non-hydrogen) atoms. The van der Waals surface area contributed by atoms with E-state index in [1.165, 1.54) is 18.0 Å². The van der Waals surface area contributed by atoms with E-state index in [9.17, 15) is 14.4 Å². The molecule has 1 aliphatic rings. The van der Waals surface area contributed by atoms with Gasteiger partial charge in [0.1, 0.15) is 11.9 Å². The summed E-state index contributed by atoms with van der Waals surface area (Å²) < 4.78 is 0. The minimum atomic E-state index is -0.532. The summed E-state index contributed by atoms with van der Waals surface area (Å²) in [4.78, 5) is 40.2. The van der Waals surface area contributed by atoms with Gasteiger partial charge < -0.3 is 4.90 Å². The number of hydrogen-bond donors (Lipinski definition) is 1. The van der Waals surface area contributed by atoms with Crippen molar-refractivity contribution in [1.29, 1.82) is 0 Å². The zero-order valence-corrected chi connectivity index (χ0v) is 10.1. The van der Waals surface area contributed by atoms with Crippen molar-refractivity contribution in [3.63, 3.8) is 0 Å². The fraction of sp³-hybridized carbons (Fsp3) is 0.333. The predicted molar refractivity (Wildman–Crippen MR) is 64.2 cm³/mol. The van der Waals surface area contributed by atoms with Gasteiger partial charge in [-0.2, -0.15) is 0 Å². The Morgan fingerprint density at radius 2 is 2.22 bits per heavy atom. The Labute approximate surface area is 104 Å². The predicted octanol–water partition coefficient (Wildman–Crippen LogP) is 0.136. The van der Waals surface area contributed by atoms with Crippen LogP contribution in [-0.2, 0) is 9.59 Å². The second kappa shape index (κ2) is 4.56. The molecular weight excluding hydrogens is 234 g/mol. The Morgan fingerprint density at radius 1 is 1.50 bits per heavy atom. The first-order valence-corrected chi connectivity index (χ1v) is 5.57. The second-order valence-electron chi connectivity index (χ2n) is 4.15. The van der Waals surface area contributed by atoms with Crippen molar-refractivity contribution >= 4 is 23.4 Å². The Kier molecular flexibility index (Phi) is 3.10. The molecule has 1 aromatic heterocycles. The summed E-state index contributed by atoms with van der Waals surface area (Å²) in [5.74, 6) is -0.547. The van der Waals surface area contributed by atoms with Gasteiger partial charge in [-0.1, -0.05) is 0 Å². The van der Waals surface area contributed by atoms with E-state index >= 15 is 0 Å². The maximum absolute atomic E-state index is 11.6. The smallest absolute Gasteiger partial charge is 0.249 e. The number of ketones is 1. The van der Waals surface area contributed by atoms with Crippen LogP contribution in [0.5, 0.6) is 0 Å². The van der Waals surface area contributed by atoms with Crippen LogP contribution < -0.4 is 10.2 Å². The van der Waals surface area contributed by atoms with Gasteiger partial charge in [-0.3, -0.25) is 19.7 Å². The number of hydrogen-bond acceptors (Lipinski definition) is 5. The third kappa shape index (κ3) is 2.09. The molecule has 0 aromatic carbocycles. The van der Waals surface area contributed by atoms with Gasteiger partial charge >= 0.3 is 0 Å². The van der Waals surface area contributed by atoms with Crippen molar-refractivity contribution in [2.24, 2.45) is 0 Å². The SMILES string of the molecule is CC(=O)c1cccnc1N1CC(=O)NC(=O)C1C. The average molecular weight is 247 g/mol. The topological polar surface area (TPSA) is 79.4 Å². The van der Waals surface area contributed by atoms with Crippen molar-refractivity contribution in [1.82, 2.24) is 10.3 Å². The number of Topliss-reactive ketones (excluding diaryl/α,β-unsaturated/α-hetero) is 1. The molecule has 1 atom stereocenters. The van der Waals surface area contributed by atoms with E-state index in [-0.39, 0.29) is 18.2 Å². The van der Waals surface area contributed by atoms with Crippen LogP contribution in [0.25, 0.3) is 0 Å². The molecule has 1 fully saturated rings. The standard InChI is InChI=1S/C12H13N3O3/c1-7-12(18)14-10(17)6-15(7)11-9(8(2)16)4-3-5-13-11/h3-5,7H,6H2,1-2H3,(H,14,17,18). The summed E-state index contributed by atoms with van der Waals surface area (Å²) in [6.07, 6.45) is 1.53. The molecule has 0 bridgehead atoms. The maximum atomic E-state index is 11.6. The lowest BCUT2D eigenvalue weighted by Gasteiger charge is -2.33. The van der Waals surface area contributed by atoms with Gasteiger partial charge in [0.05, 0.1) is 12.1 Å². The summed E-state index contributed by atoms with van der Waals surface area (Å²) in [6.45, 7) is 3.11. The van der Waals surface area contributed by atoms with E-state index in [2.05, 4.69) is 10.3 Å². The largest absolute Gasteiger partial charge is 0.335 e. The molecular formula is C12H13N3O3. The Hall–Kier alpha value is -2.24. The lowest BCUT2D eigenvalue weighted by molar-refractivity contribution is -0.132. The van der Waals surface area contributed by atoms with Crippen LogP contribution in [0.1, 0.15) is 24.2 Å². The minimum absolute atomic E-state index is 0.0181. The summed E-state index contributed by atoms with van der Waals surface area (Å²) in [5, 5.41) is 2.25. The van der Waals surface area contributed by atoms with Gasteiger partial charge in [-0.25, -0.2) is 4.98 Å². The van der Waals surface area contributed by atoms with Crippen LogP contribution in [0, 0.1) is 0 Å². The third-order valence-electron chi connectivity index (χ3n) is 2.86. The van der Waals surface area contributed by atoms with E-state index in [1.807, 2.05) is 0 Å². The Bertz CT molecular complexity index is 527. The number of amides is 2. The number of carbonyl (C=O) groups excluding carboxylic acids is 3. The maximum Gasteiger partial charge on any atom is 0.249 e. The molecule has 2 rings (SSSR count). The fourth-order valence-corrected chi connectivity index (χ4v) is 1.87. The van der Waals surface area contributed by atoms with Crippen molar-refractivity contribution in [2.45, 2.75) is 19.9 Å². The van der Waals surface area contributed by atoms with Gasteiger partial charge in [0.15, 0.2) is 5.78 Å². The van der Waals surface area contributed by atoms with E-state index < -0.39 is 11.9 Å². The number of pyridine rings is 1. The first-order valence-electron chi connectivity index (χ1n) is 5.57. The molecule has 1 aromatic rings. The normalized spacial score (nSPS) is 19.7. The van der Waals surface area contributed by atoms with Crippen molar-refractivity contribution in [3.8, 4) is 0 Å². The molecule has 1 N–H and O–H groups in total. The quantitative estimate of drug-likeness (QED) is 0.594. The van der Waals surface area contributed by atoms with Crippen LogP contribution in [0.2, 0.25) is 0 Å². The van der Waals surface area contributed by atoms with Crippen molar-refractivity contribution in [2.75, 3.05) is 11.4 Å². The highest BCUT2D eigenvalue weighted by Crippen LogP contribution is 2.21. The second-order valence-corrected chi connectivity index (χ2v) is 4.15. The lowest BCUT2D eigenvalue weighted by atomic mass is 10.1. The van der Waals surface area contributed by atoms with E-state index in [0.717, 1.165) is 0 Å². The van der Waals surface area contributed by atoms with Gasteiger partial charge in [-0.15, -0.1) is 0 Å². The van der Waals surface area contributed by atoms with Crippen LogP contribution in [0.15, 0.2) is 18.3 Å². The number of rotatable bonds is 2. The monoisotopic (exact) mass is 247 g/mol. The van der Waals surface area contributed by atoms with E-state index in [1.54, 1.807) is 19.1 Å². The molecule has 0 radical (unpaired) electrons. The molecule has 0 saturated carbocycles. The summed E-state index contributed by atoms with van der Waals surface area (Å²) in [6, 6.07) is 2.75. The Morgan fingerprint density at radius 3 is 2.89 bits per heavy atom. The number of anilines is 1. The van der Waals surface area contributed by atoms with Crippen LogP contribution in [0.4, 0.5) is 5.82 Å². The van der Waals surface area contributed by atoms with Gasteiger partial charge in [0.2, 0.25) is 11.8 Å². The van der Waals surface area contributed by atoms with Crippen molar-refractivity contribution < 1.29 is 14.4 Å². The average Bonchev–Trinajstić information content (AvgIpc) is 2.33. The summed E-state index contributed by atoms with van der Waals surface area (Å²) >= 11 is 0. The molecule has 1 aliphatic heterocycles. The number of nitrogens with one attached hydrogen (secondary N) is 1. The van der Waals surface area contributed by atoms with Crippen LogP contribution >= 0.6 is 0 Å². The highest BCUT2D eigenvalue weighted by Gasteiger charge is 2.32. The number of imide groups is 1. The first-order chi connectivity index (χ1) is 8.50. The zero-order chi connectivity index (χ0) is 13.3. The van der Waals surface area contributed by atoms with E-state index in [0.29, 0.717) is 11.4 Å². The highest BCUT2D eigenvalue weighted by atomic mass is 16.2. The van der Waals surface area contributed by atoms with E-state index in [4.69, 9.17) is 0 Å². The van der Waals surface area contributed by atoms with Crippen LogP contribution in [-0.4, -0.2) is 35.2 Å². The molecule has 6 nitrogen and oxygen atoms in total. The first kappa shape index (κ1) is 12.2. The molecule has 0 aliphatic carbocycles. The molecule has 6 heteroatoms. The molecule has 0 spiro atoms. The molecule has 1 saturated heterocycles. The van der Waals surface area contributed by atoms with Gasteiger partial charge in [-0.05, 0) is 26.0 Å². The van der Waals surface area contributed by atoms with Gasteiger partial charge in [0, 0.05) is 6.20 Å². The van der Waals surface area contributed by atoms with Crippen molar-refractivity contribution in [3.05, 3.63) is 23.9 Å². The summed E-state index contributed by atoms with van der Waals surface area (Å²) in [5.41, 5.74) is 0.409. The van der Waals surface area contributed by atoms with Gasteiger partial charge in [0.25, 0.3) is 0 Å². The fourth-order valence-electron chi connectivity index (χ4n) is 1.87. The third-order valence-corrected chi connectivity index (χ3v) is 2.86. The number of carbonyl (C=O) groups is 3. The number of aromatic nitrogens is 1.